The van der Waals surface area contributed by atoms with Crippen molar-refractivity contribution in [2.45, 2.75) is 6.54 Å². The van der Waals surface area contributed by atoms with E-state index in [2.05, 4.69) is 10.1 Å². The molecule has 14 heavy (non-hydrogen) atoms. The van der Waals surface area contributed by atoms with Gasteiger partial charge in [0, 0.05) is 19.5 Å². The van der Waals surface area contributed by atoms with Crippen LogP contribution in [0.25, 0.3) is 10.9 Å². The highest BCUT2D eigenvalue weighted by Crippen LogP contribution is 2.18. The van der Waals surface area contributed by atoms with E-state index in [1.165, 1.54) is 0 Å². The molecule has 74 valence electrons. The first kappa shape index (κ1) is 9.43. The van der Waals surface area contributed by atoms with Gasteiger partial charge in [0.15, 0.2) is 0 Å². The fourth-order valence-corrected chi connectivity index (χ4v) is 1.46. The molecule has 2 rings (SSSR count). The monoisotopic (exact) mass is 211 g/mol. The molecule has 5 heteroatoms. The van der Waals surface area contributed by atoms with E-state index < -0.39 is 0 Å². The van der Waals surface area contributed by atoms with Crippen molar-refractivity contribution in [2.75, 3.05) is 13.7 Å². The topological polar surface area (TPSA) is 39.9 Å². The molecule has 0 radical (unpaired) electrons. The largest absolute Gasteiger partial charge is 0.383 e. The van der Waals surface area contributed by atoms with Crippen molar-refractivity contribution in [3.8, 4) is 0 Å². The summed E-state index contributed by atoms with van der Waals surface area (Å²) in [6.07, 6.45) is 3.53. The first-order chi connectivity index (χ1) is 6.81. The summed E-state index contributed by atoms with van der Waals surface area (Å²) < 4.78 is 6.77. The van der Waals surface area contributed by atoms with Crippen LogP contribution in [-0.4, -0.2) is 28.5 Å². The molecule has 0 saturated carbocycles. The third-order valence-corrected chi connectivity index (χ3v) is 2.26. The molecule has 0 amide bonds. The van der Waals surface area contributed by atoms with Crippen LogP contribution in [0, 0.1) is 0 Å². The van der Waals surface area contributed by atoms with E-state index in [9.17, 15) is 0 Å². The van der Waals surface area contributed by atoms with Crippen LogP contribution in [0.15, 0.2) is 18.5 Å². The highest BCUT2D eigenvalue weighted by molar-refractivity contribution is 6.34. The van der Waals surface area contributed by atoms with E-state index >= 15 is 0 Å². The maximum atomic E-state index is 5.91. The smallest absolute Gasteiger partial charge is 0.139 e. The minimum absolute atomic E-state index is 0.492. The van der Waals surface area contributed by atoms with Crippen LogP contribution < -0.4 is 0 Å². The summed E-state index contributed by atoms with van der Waals surface area (Å²) in [5.41, 5.74) is 0.862. The maximum absolute atomic E-state index is 5.91. The molecule has 0 N–H and O–H groups in total. The molecule has 2 aromatic heterocycles. The Hall–Kier alpha value is -1.13. The molecular formula is C9H10ClN3O. The lowest BCUT2D eigenvalue weighted by Crippen LogP contribution is -2.03. The van der Waals surface area contributed by atoms with E-state index in [1.807, 2.05) is 16.9 Å². The van der Waals surface area contributed by atoms with Crippen LogP contribution in [0.4, 0.5) is 0 Å². The van der Waals surface area contributed by atoms with E-state index in [4.69, 9.17) is 16.3 Å². The average molecular weight is 212 g/mol. The van der Waals surface area contributed by atoms with Gasteiger partial charge in [0.1, 0.15) is 5.15 Å². The highest BCUT2D eigenvalue weighted by Gasteiger charge is 2.04. The molecule has 2 heterocycles. The van der Waals surface area contributed by atoms with Gasteiger partial charge in [0.05, 0.1) is 24.1 Å². The second kappa shape index (κ2) is 3.94. The van der Waals surface area contributed by atoms with Crippen molar-refractivity contribution in [1.29, 1.82) is 0 Å². The number of methoxy groups -OCH3 is 1. The molecule has 2 aromatic rings. The van der Waals surface area contributed by atoms with E-state index in [0.717, 1.165) is 17.4 Å². The fraction of sp³-hybridized carbons (Fsp3) is 0.333. The van der Waals surface area contributed by atoms with Gasteiger partial charge in [-0.15, -0.1) is 0 Å². The van der Waals surface area contributed by atoms with Crippen molar-refractivity contribution in [3.63, 3.8) is 0 Å². The maximum Gasteiger partial charge on any atom is 0.139 e. The van der Waals surface area contributed by atoms with Crippen LogP contribution >= 0.6 is 11.6 Å². The Labute approximate surface area is 86.5 Å². The number of fused-ring (bicyclic) bond motifs is 1. The van der Waals surface area contributed by atoms with Crippen molar-refractivity contribution < 1.29 is 4.74 Å². The normalized spacial score (nSPS) is 11.0. The van der Waals surface area contributed by atoms with Gasteiger partial charge in [-0.2, -0.15) is 5.10 Å². The first-order valence-electron chi connectivity index (χ1n) is 4.28. The fourth-order valence-electron chi connectivity index (χ4n) is 1.26. The summed E-state index contributed by atoms with van der Waals surface area (Å²) in [7, 11) is 1.66. The molecule has 0 bridgehead atoms. The van der Waals surface area contributed by atoms with Crippen molar-refractivity contribution >= 4 is 22.5 Å². The number of rotatable bonds is 3. The van der Waals surface area contributed by atoms with Gasteiger partial charge in [-0.25, -0.2) is 4.98 Å². The van der Waals surface area contributed by atoms with Gasteiger partial charge in [-0.05, 0) is 6.07 Å². The lowest BCUT2D eigenvalue weighted by molar-refractivity contribution is 0.184. The van der Waals surface area contributed by atoms with Crippen LogP contribution in [0.2, 0.25) is 5.15 Å². The zero-order chi connectivity index (χ0) is 9.97. The summed E-state index contributed by atoms with van der Waals surface area (Å²) in [5.74, 6) is 0. The molecule has 4 nitrogen and oxygen atoms in total. The minimum Gasteiger partial charge on any atom is -0.383 e. The predicted molar refractivity (Wildman–Crippen MR) is 54.4 cm³/mol. The Kier molecular flexibility index (Phi) is 2.65. The number of ether oxygens (including phenoxy) is 1. The van der Waals surface area contributed by atoms with E-state index in [0.29, 0.717) is 11.8 Å². The zero-order valence-corrected chi connectivity index (χ0v) is 8.53. The number of hydrogen-bond acceptors (Lipinski definition) is 3. The summed E-state index contributed by atoms with van der Waals surface area (Å²) in [6.45, 7) is 1.36. The second-order valence-electron chi connectivity index (χ2n) is 2.92. The van der Waals surface area contributed by atoms with Crippen LogP contribution in [-0.2, 0) is 11.3 Å². The van der Waals surface area contributed by atoms with Gasteiger partial charge in [0.2, 0.25) is 0 Å². The van der Waals surface area contributed by atoms with Crippen molar-refractivity contribution in [2.24, 2.45) is 0 Å². The Morgan fingerprint density at radius 3 is 3.14 bits per heavy atom. The predicted octanol–water partition coefficient (Wildman–Crippen LogP) is 1.73. The Balaban J connectivity index is 2.36. The molecule has 0 unspecified atom stereocenters. The number of hydrogen-bond donors (Lipinski definition) is 0. The standard InChI is InChI=1S/C9H10ClN3O/c1-14-5-4-13-6-7-8(12-13)2-3-11-9(7)10/h2-3,6H,4-5H2,1H3. The number of halogens is 1. The molecule has 0 fully saturated rings. The molecule has 0 aliphatic rings. The molecule has 0 aromatic carbocycles. The van der Waals surface area contributed by atoms with Crippen molar-refractivity contribution in [1.82, 2.24) is 14.8 Å². The van der Waals surface area contributed by atoms with Crippen LogP contribution in [0.5, 0.6) is 0 Å². The van der Waals surface area contributed by atoms with Crippen LogP contribution in [0.3, 0.4) is 0 Å². The van der Waals surface area contributed by atoms with Gasteiger partial charge < -0.3 is 4.74 Å². The third kappa shape index (κ3) is 1.71. The minimum atomic E-state index is 0.492. The molecule has 0 aliphatic carbocycles. The van der Waals surface area contributed by atoms with Gasteiger partial charge in [0.25, 0.3) is 0 Å². The SMILES string of the molecule is COCCn1cc2c(Cl)nccc2n1. The molecule has 0 spiro atoms. The molecular weight excluding hydrogens is 202 g/mol. The van der Waals surface area contributed by atoms with Crippen molar-refractivity contribution in [3.05, 3.63) is 23.6 Å². The van der Waals surface area contributed by atoms with Crippen LogP contribution in [0.1, 0.15) is 0 Å². The van der Waals surface area contributed by atoms with Gasteiger partial charge in [-0.3, -0.25) is 4.68 Å². The second-order valence-corrected chi connectivity index (χ2v) is 3.28. The summed E-state index contributed by atoms with van der Waals surface area (Å²) in [6, 6.07) is 1.84. The number of pyridine rings is 1. The molecule has 0 aliphatic heterocycles. The van der Waals surface area contributed by atoms with Gasteiger partial charge >= 0.3 is 0 Å². The highest BCUT2D eigenvalue weighted by atomic mass is 35.5. The molecule has 0 atom stereocenters. The lowest BCUT2D eigenvalue weighted by atomic mass is 10.3. The first-order valence-corrected chi connectivity index (χ1v) is 4.65. The molecule has 0 saturated heterocycles. The quantitative estimate of drug-likeness (QED) is 0.726. The number of aromatic nitrogens is 3. The zero-order valence-electron chi connectivity index (χ0n) is 7.77. The van der Waals surface area contributed by atoms with E-state index in [-0.39, 0.29) is 0 Å². The average Bonchev–Trinajstić information content (AvgIpc) is 2.59. The Morgan fingerprint density at radius 1 is 1.57 bits per heavy atom. The summed E-state index contributed by atoms with van der Waals surface area (Å²) in [4.78, 5) is 3.98. The Bertz CT molecular complexity index is 441. The summed E-state index contributed by atoms with van der Waals surface area (Å²) in [5, 5.41) is 5.69. The summed E-state index contributed by atoms with van der Waals surface area (Å²) >= 11 is 5.91. The van der Waals surface area contributed by atoms with E-state index in [1.54, 1.807) is 13.3 Å². The number of nitrogens with zero attached hydrogens (tertiary/aromatic N) is 3. The Morgan fingerprint density at radius 2 is 2.43 bits per heavy atom. The third-order valence-electron chi connectivity index (χ3n) is 1.96. The lowest BCUT2D eigenvalue weighted by Gasteiger charge is -1.97. The van der Waals surface area contributed by atoms with Gasteiger partial charge in [-0.1, -0.05) is 11.6 Å².